The third kappa shape index (κ3) is 5.14. The average Bonchev–Trinajstić information content (AvgIpc) is 2.56. The van der Waals surface area contributed by atoms with Crippen LogP contribution in [0.15, 0.2) is 53.4 Å². The quantitative estimate of drug-likeness (QED) is 0.815. The second-order valence-electron chi connectivity index (χ2n) is 5.15. The van der Waals surface area contributed by atoms with Crippen molar-refractivity contribution in [2.24, 2.45) is 0 Å². The van der Waals surface area contributed by atoms with E-state index in [4.69, 9.17) is 5.26 Å². The number of hydrogen-bond acceptors (Lipinski definition) is 4. The third-order valence-electron chi connectivity index (χ3n) is 3.12. The first-order valence-electron chi connectivity index (χ1n) is 7.33. The number of carbonyl (C=O) groups is 2. The Morgan fingerprint density at radius 2 is 1.79 bits per heavy atom. The molecule has 5 nitrogen and oxygen atoms in total. The smallest absolute Gasteiger partial charge is 0.237 e. The second-order valence-corrected chi connectivity index (χ2v) is 6.56. The SMILES string of the molecule is CC(=O)Nc1ccc(S[C@H](C)C(=O)Nc2cccc(C#N)c2)cc1. The van der Waals surface area contributed by atoms with Crippen LogP contribution >= 0.6 is 11.8 Å². The van der Waals surface area contributed by atoms with Crippen molar-refractivity contribution in [1.82, 2.24) is 0 Å². The molecule has 0 fully saturated rings. The lowest BCUT2D eigenvalue weighted by Crippen LogP contribution is -2.22. The van der Waals surface area contributed by atoms with E-state index in [9.17, 15) is 9.59 Å². The van der Waals surface area contributed by atoms with Gasteiger partial charge >= 0.3 is 0 Å². The molecule has 6 heteroatoms. The van der Waals surface area contributed by atoms with Gasteiger partial charge in [0.15, 0.2) is 0 Å². The molecular formula is C18H17N3O2S. The maximum absolute atomic E-state index is 12.3. The molecule has 0 aliphatic carbocycles. The molecule has 1 atom stereocenters. The molecule has 2 amide bonds. The molecule has 2 aromatic rings. The fraction of sp³-hybridized carbons (Fsp3) is 0.167. The first-order chi connectivity index (χ1) is 11.5. The number of nitriles is 1. The van der Waals surface area contributed by atoms with Gasteiger partial charge in [0.1, 0.15) is 0 Å². The Morgan fingerprint density at radius 1 is 1.08 bits per heavy atom. The summed E-state index contributed by atoms with van der Waals surface area (Å²) in [4.78, 5) is 24.2. The zero-order valence-corrected chi connectivity index (χ0v) is 14.2. The minimum Gasteiger partial charge on any atom is -0.326 e. The fourth-order valence-corrected chi connectivity index (χ4v) is 2.86. The summed E-state index contributed by atoms with van der Waals surface area (Å²) in [5.74, 6) is -0.260. The Labute approximate surface area is 145 Å². The lowest BCUT2D eigenvalue weighted by atomic mass is 10.2. The summed E-state index contributed by atoms with van der Waals surface area (Å²) >= 11 is 1.42. The molecule has 0 spiro atoms. The molecule has 0 unspecified atom stereocenters. The molecule has 0 aliphatic rings. The zero-order chi connectivity index (χ0) is 17.5. The van der Waals surface area contributed by atoms with E-state index in [-0.39, 0.29) is 17.1 Å². The number of anilines is 2. The van der Waals surface area contributed by atoms with Crippen LogP contribution in [0.4, 0.5) is 11.4 Å². The molecule has 2 aromatic carbocycles. The maximum atomic E-state index is 12.3. The van der Waals surface area contributed by atoms with Crippen LogP contribution in [0, 0.1) is 11.3 Å². The molecule has 24 heavy (non-hydrogen) atoms. The molecule has 0 aliphatic heterocycles. The highest BCUT2D eigenvalue weighted by Gasteiger charge is 2.14. The van der Waals surface area contributed by atoms with E-state index in [1.807, 2.05) is 25.1 Å². The fourth-order valence-electron chi connectivity index (χ4n) is 1.99. The van der Waals surface area contributed by atoms with E-state index in [0.717, 1.165) is 10.6 Å². The standard InChI is InChI=1S/C18H17N3O2S/c1-12(18(23)21-16-5-3-4-14(10-16)11-19)24-17-8-6-15(7-9-17)20-13(2)22/h3-10,12H,1-2H3,(H,20,22)(H,21,23)/t12-/m1/s1. The molecule has 0 radical (unpaired) electrons. The summed E-state index contributed by atoms with van der Waals surface area (Å²) in [5.41, 5.74) is 1.83. The number of hydrogen-bond donors (Lipinski definition) is 2. The lowest BCUT2D eigenvalue weighted by Gasteiger charge is -2.12. The van der Waals surface area contributed by atoms with E-state index in [1.54, 1.807) is 36.4 Å². The minimum atomic E-state index is -0.303. The Bertz CT molecular complexity index is 782. The monoisotopic (exact) mass is 339 g/mol. The van der Waals surface area contributed by atoms with Gasteiger partial charge in [-0.1, -0.05) is 6.07 Å². The highest BCUT2D eigenvalue weighted by Crippen LogP contribution is 2.25. The van der Waals surface area contributed by atoms with Crippen LogP contribution in [0.25, 0.3) is 0 Å². The normalized spacial score (nSPS) is 11.2. The van der Waals surface area contributed by atoms with Gasteiger partial charge < -0.3 is 10.6 Å². The Hall–Kier alpha value is -2.78. The van der Waals surface area contributed by atoms with Crippen LogP contribution in [-0.4, -0.2) is 17.1 Å². The summed E-state index contributed by atoms with van der Waals surface area (Å²) in [5, 5.41) is 14.1. The largest absolute Gasteiger partial charge is 0.326 e. The van der Waals surface area contributed by atoms with Crippen molar-refractivity contribution in [1.29, 1.82) is 5.26 Å². The van der Waals surface area contributed by atoms with E-state index < -0.39 is 0 Å². The van der Waals surface area contributed by atoms with Crippen LogP contribution in [0.1, 0.15) is 19.4 Å². The highest BCUT2D eigenvalue weighted by molar-refractivity contribution is 8.00. The van der Waals surface area contributed by atoms with Gasteiger partial charge in [-0.15, -0.1) is 11.8 Å². The van der Waals surface area contributed by atoms with Gasteiger partial charge in [0.25, 0.3) is 0 Å². The van der Waals surface area contributed by atoms with Gasteiger partial charge in [-0.05, 0) is 49.4 Å². The van der Waals surface area contributed by atoms with Gasteiger partial charge in [0.2, 0.25) is 11.8 Å². The van der Waals surface area contributed by atoms with E-state index in [1.165, 1.54) is 18.7 Å². The average molecular weight is 339 g/mol. The van der Waals surface area contributed by atoms with Crippen molar-refractivity contribution in [3.8, 4) is 6.07 Å². The Morgan fingerprint density at radius 3 is 2.42 bits per heavy atom. The van der Waals surface area contributed by atoms with Crippen LogP contribution in [0.2, 0.25) is 0 Å². The molecule has 0 saturated heterocycles. The van der Waals surface area contributed by atoms with Gasteiger partial charge in [0, 0.05) is 23.2 Å². The van der Waals surface area contributed by atoms with E-state index in [0.29, 0.717) is 11.3 Å². The zero-order valence-electron chi connectivity index (χ0n) is 13.4. The van der Waals surface area contributed by atoms with Crippen LogP contribution in [0.5, 0.6) is 0 Å². The van der Waals surface area contributed by atoms with Crippen molar-refractivity contribution in [2.75, 3.05) is 10.6 Å². The van der Waals surface area contributed by atoms with Crippen LogP contribution < -0.4 is 10.6 Å². The summed E-state index contributed by atoms with van der Waals surface area (Å²) in [7, 11) is 0. The number of thioether (sulfide) groups is 1. The number of rotatable bonds is 5. The molecule has 0 saturated carbocycles. The topological polar surface area (TPSA) is 82.0 Å². The number of benzene rings is 2. The summed E-state index contributed by atoms with van der Waals surface area (Å²) in [6.07, 6.45) is 0. The lowest BCUT2D eigenvalue weighted by molar-refractivity contribution is -0.115. The van der Waals surface area contributed by atoms with Crippen molar-refractivity contribution in [3.63, 3.8) is 0 Å². The molecule has 0 bridgehead atoms. The van der Waals surface area contributed by atoms with E-state index >= 15 is 0 Å². The molecule has 0 aromatic heterocycles. The number of nitrogens with zero attached hydrogens (tertiary/aromatic N) is 1. The van der Waals surface area contributed by atoms with Crippen molar-refractivity contribution in [2.45, 2.75) is 24.0 Å². The first-order valence-corrected chi connectivity index (χ1v) is 8.21. The minimum absolute atomic E-state index is 0.122. The Kier molecular flexibility index (Phi) is 5.99. The van der Waals surface area contributed by atoms with Gasteiger partial charge in [-0.25, -0.2) is 0 Å². The predicted octanol–water partition coefficient (Wildman–Crippen LogP) is 3.64. The van der Waals surface area contributed by atoms with Crippen molar-refractivity contribution in [3.05, 3.63) is 54.1 Å². The maximum Gasteiger partial charge on any atom is 0.237 e. The molecule has 2 N–H and O–H groups in total. The van der Waals surface area contributed by atoms with Crippen LogP contribution in [-0.2, 0) is 9.59 Å². The third-order valence-corrected chi connectivity index (χ3v) is 4.23. The number of nitrogens with one attached hydrogen (secondary N) is 2. The number of carbonyl (C=O) groups excluding carboxylic acids is 2. The molecule has 122 valence electrons. The first kappa shape index (κ1) is 17.6. The number of amides is 2. The summed E-state index contributed by atoms with van der Waals surface area (Å²) in [6.45, 7) is 3.27. The van der Waals surface area contributed by atoms with Gasteiger partial charge in [-0.2, -0.15) is 5.26 Å². The van der Waals surface area contributed by atoms with Gasteiger partial charge in [0.05, 0.1) is 16.9 Å². The molecule has 2 rings (SSSR count). The summed E-state index contributed by atoms with van der Waals surface area (Å²) in [6, 6.07) is 16.1. The molecular weight excluding hydrogens is 322 g/mol. The highest BCUT2D eigenvalue weighted by atomic mass is 32.2. The van der Waals surface area contributed by atoms with Crippen molar-refractivity contribution >= 4 is 35.0 Å². The predicted molar refractivity (Wildman–Crippen MR) is 95.9 cm³/mol. The Balaban J connectivity index is 1.95. The van der Waals surface area contributed by atoms with Gasteiger partial charge in [-0.3, -0.25) is 9.59 Å². The van der Waals surface area contributed by atoms with E-state index in [2.05, 4.69) is 10.6 Å². The summed E-state index contributed by atoms with van der Waals surface area (Å²) < 4.78 is 0. The van der Waals surface area contributed by atoms with Crippen LogP contribution in [0.3, 0.4) is 0 Å². The second kappa shape index (κ2) is 8.18. The molecule has 0 heterocycles. The van der Waals surface area contributed by atoms with Crippen molar-refractivity contribution < 1.29 is 9.59 Å².